The molecular weight excluding hydrogens is 409 g/mol. The standard InChI is InChI=1S/C21H26FN3O4S/c1-11-16(21(2,3)27)10-17(29-11)30(23,28)25-20(26)24-19-14-8-4-6-12(14)18(22)13-7-5-9-15(13)19/h10,27H,4-9H2,1-3H3,(H3-,23,24,25,26,28)/p+1. The molecule has 1 aromatic heterocycles. The van der Waals surface area contributed by atoms with Gasteiger partial charge in [0.1, 0.15) is 11.6 Å². The van der Waals surface area contributed by atoms with E-state index >= 15 is 0 Å². The number of furan rings is 1. The first-order valence-electron chi connectivity index (χ1n) is 10.1. The van der Waals surface area contributed by atoms with Crippen molar-refractivity contribution in [1.29, 1.82) is 0 Å². The van der Waals surface area contributed by atoms with Crippen molar-refractivity contribution in [1.82, 2.24) is 4.72 Å². The first-order valence-corrected chi connectivity index (χ1v) is 11.7. The van der Waals surface area contributed by atoms with Crippen molar-refractivity contribution in [3.05, 3.63) is 45.5 Å². The first-order chi connectivity index (χ1) is 14.0. The monoisotopic (exact) mass is 436 g/mol. The Labute approximate surface area is 175 Å². The number of halogens is 1. The number of aliphatic hydroxyl groups is 1. The van der Waals surface area contributed by atoms with Crippen LogP contribution in [0.3, 0.4) is 0 Å². The molecule has 2 aromatic rings. The second kappa shape index (κ2) is 7.18. The Morgan fingerprint density at radius 1 is 1.17 bits per heavy atom. The van der Waals surface area contributed by atoms with Gasteiger partial charge in [0, 0.05) is 17.3 Å². The zero-order valence-corrected chi connectivity index (χ0v) is 18.2. The minimum Gasteiger partial charge on any atom is -0.419 e. The molecule has 2 amide bonds. The second-order valence-corrected chi connectivity index (χ2v) is 10.4. The number of fused-ring (bicyclic) bond motifs is 2. The smallest absolute Gasteiger partial charge is 0.362 e. The highest BCUT2D eigenvalue weighted by atomic mass is 32.3. The van der Waals surface area contributed by atoms with Gasteiger partial charge in [0.25, 0.3) is 0 Å². The number of carbonyl (C=O) groups excluding carboxylic acids is 1. The number of carbonyl (C=O) groups is 1. The normalized spacial score (nSPS) is 17.4. The van der Waals surface area contributed by atoms with Crippen LogP contribution < -0.4 is 15.2 Å². The number of benzene rings is 1. The fourth-order valence-corrected chi connectivity index (χ4v) is 5.55. The highest BCUT2D eigenvalue weighted by Crippen LogP contribution is 2.41. The molecule has 7 nitrogen and oxygen atoms in total. The molecular formula is C21H27FN3O4S+. The van der Waals surface area contributed by atoms with Crippen LogP contribution in [0.1, 0.15) is 60.3 Å². The Hall–Kier alpha value is -2.23. The summed E-state index contributed by atoms with van der Waals surface area (Å²) in [7, 11) is -3.54. The lowest BCUT2D eigenvalue weighted by Crippen LogP contribution is -2.44. The molecule has 0 spiro atoms. The lowest BCUT2D eigenvalue weighted by atomic mass is 9.98. The van der Waals surface area contributed by atoms with Crippen LogP contribution >= 0.6 is 0 Å². The highest BCUT2D eigenvalue weighted by molar-refractivity contribution is 7.99. The number of nitrogens with two attached hydrogens (primary N) is 1. The summed E-state index contributed by atoms with van der Waals surface area (Å²) in [6.07, 6.45) is 4.38. The summed E-state index contributed by atoms with van der Waals surface area (Å²) in [5, 5.41) is 18.7. The van der Waals surface area contributed by atoms with E-state index in [9.17, 15) is 18.5 Å². The van der Waals surface area contributed by atoms with Crippen LogP contribution in [0, 0.1) is 12.7 Å². The quantitative estimate of drug-likeness (QED) is 0.550. The van der Waals surface area contributed by atoms with Crippen molar-refractivity contribution < 1.29 is 22.9 Å². The molecule has 0 saturated carbocycles. The van der Waals surface area contributed by atoms with Crippen molar-refractivity contribution in [3.63, 3.8) is 0 Å². The van der Waals surface area contributed by atoms with Gasteiger partial charge in [0.2, 0.25) is 0 Å². The van der Waals surface area contributed by atoms with Gasteiger partial charge in [0.15, 0.2) is 0 Å². The number of hydrogen-bond acceptors (Lipinski definition) is 4. The third kappa shape index (κ3) is 3.55. The molecule has 1 aromatic carbocycles. The fourth-order valence-electron chi connectivity index (χ4n) is 4.58. The Balaban J connectivity index is 1.60. The number of anilines is 1. The average Bonchev–Trinajstić information content (AvgIpc) is 3.36. The maximum Gasteiger partial charge on any atom is 0.362 e. The van der Waals surface area contributed by atoms with Gasteiger partial charge in [-0.3, -0.25) is 0 Å². The molecule has 9 heteroatoms. The van der Waals surface area contributed by atoms with Crippen molar-refractivity contribution >= 4 is 22.0 Å². The van der Waals surface area contributed by atoms with Crippen molar-refractivity contribution in [2.24, 2.45) is 5.14 Å². The van der Waals surface area contributed by atoms with Gasteiger partial charge < -0.3 is 14.8 Å². The lowest BCUT2D eigenvalue weighted by Gasteiger charge is -2.17. The fraction of sp³-hybridized carbons (Fsp3) is 0.476. The molecule has 0 saturated heterocycles. The van der Waals surface area contributed by atoms with Crippen molar-refractivity contribution in [2.45, 2.75) is 70.0 Å². The zero-order valence-electron chi connectivity index (χ0n) is 17.4. The molecule has 0 bridgehead atoms. The zero-order chi connectivity index (χ0) is 21.8. The summed E-state index contributed by atoms with van der Waals surface area (Å²) < 4.78 is 35.5. The number of nitrogens with one attached hydrogen (secondary N) is 2. The molecule has 0 radical (unpaired) electrons. The van der Waals surface area contributed by atoms with Gasteiger partial charge >= 0.3 is 21.4 Å². The first kappa shape index (κ1) is 21.0. The Morgan fingerprint density at radius 3 is 2.20 bits per heavy atom. The summed E-state index contributed by atoms with van der Waals surface area (Å²) in [6, 6.07) is 0.654. The Bertz CT molecular complexity index is 1050. The Kier molecular flexibility index (Phi) is 5.03. The van der Waals surface area contributed by atoms with Crippen molar-refractivity contribution in [2.75, 3.05) is 5.32 Å². The van der Waals surface area contributed by atoms with Crippen LogP contribution in [0.25, 0.3) is 0 Å². The van der Waals surface area contributed by atoms with Gasteiger partial charge in [-0.1, -0.05) is 0 Å². The van der Waals surface area contributed by atoms with E-state index in [1.54, 1.807) is 20.8 Å². The summed E-state index contributed by atoms with van der Waals surface area (Å²) in [5.74, 6) is 0.237. The number of hydrogen-bond donors (Lipinski definition) is 4. The average molecular weight is 437 g/mol. The predicted molar refractivity (Wildman–Crippen MR) is 112 cm³/mol. The van der Waals surface area contributed by atoms with Crippen molar-refractivity contribution in [3.8, 4) is 0 Å². The van der Waals surface area contributed by atoms with E-state index in [-0.39, 0.29) is 10.9 Å². The SMILES string of the molecule is Cc1oc([S+](N)(=O)NC(=O)Nc2c3c(c(F)c4c2CCC4)CCC3)cc1C(C)(C)O. The molecule has 2 aliphatic rings. The number of amides is 2. The van der Waals surface area contributed by atoms with Gasteiger partial charge in [-0.05, 0) is 85.8 Å². The molecule has 1 unspecified atom stereocenters. The summed E-state index contributed by atoms with van der Waals surface area (Å²) >= 11 is 0. The predicted octanol–water partition coefficient (Wildman–Crippen LogP) is 3.40. The molecule has 162 valence electrons. The molecule has 5 N–H and O–H groups in total. The number of aryl methyl sites for hydroxylation is 1. The van der Waals surface area contributed by atoms with Crippen LogP contribution in [-0.2, 0) is 45.8 Å². The number of urea groups is 1. The lowest BCUT2D eigenvalue weighted by molar-refractivity contribution is 0.0769. The van der Waals surface area contributed by atoms with Crippen LogP contribution in [0.15, 0.2) is 15.6 Å². The van der Waals surface area contributed by atoms with Crippen LogP contribution in [0.5, 0.6) is 0 Å². The van der Waals surface area contributed by atoms with E-state index in [0.717, 1.165) is 24.0 Å². The molecule has 0 fully saturated rings. The van der Waals surface area contributed by atoms with E-state index in [4.69, 9.17) is 9.56 Å². The van der Waals surface area contributed by atoms with Gasteiger partial charge in [-0.25, -0.2) is 9.18 Å². The molecule has 0 aliphatic heterocycles. The van der Waals surface area contributed by atoms with Crippen LogP contribution in [-0.4, -0.2) is 11.1 Å². The third-order valence-electron chi connectivity index (χ3n) is 5.91. The largest absolute Gasteiger partial charge is 0.419 e. The van der Waals surface area contributed by atoms with Crippen LogP contribution in [0.4, 0.5) is 14.9 Å². The minimum absolute atomic E-state index is 0.123. The molecule has 4 rings (SSSR count). The van der Waals surface area contributed by atoms with Gasteiger partial charge in [-0.15, -0.1) is 9.86 Å². The third-order valence-corrected chi connectivity index (χ3v) is 7.19. The second-order valence-electron chi connectivity index (χ2n) is 8.56. The van der Waals surface area contributed by atoms with Crippen LogP contribution in [0.2, 0.25) is 0 Å². The molecule has 1 heterocycles. The van der Waals surface area contributed by atoms with E-state index in [1.807, 2.05) is 0 Å². The number of rotatable bonds is 4. The van der Waals surface area contributed by atoms with E-state index in [1.165, 1.54) is 6.07 Å². The maximum atomic E-state index is 14.8. The van der Waals surface area contributed by atoms with E-state index in [2.05, 4.69) is 10.0 Å². The van der Waals surface area contributed by atoms with E-state index < -0.39 is 21.9 Å². The summed E-state index contributed by atoms with van der Waals surface area (Å²) in [4.78, 5) is 12.7. The molecule has 1 atom stereocenters. The summed E-state index contributed by atoms with van der Waals surface area (Å²) in [5.41, 5.74) is 2.85. The molecule has 2 aliphatic carbocycles. The maximum absolute atomic E-state index is 14.8. The topological polar surface area (TPSA) is 118 Å². The van der Waals surface area contributed by atoms with E-state index in [0.29, 0.717) is 53.8 Å². The summed E-state index contributed by atoms with van der Waals surface area (Å²) in [6.45, 7) is 4.77. The van der Waals surface area contributed by atoms with Gasteiger partial charge in [0.05, 0.1) is 5.60 Å². The molecule has 30 heavy (non-hydrogen) atoms. The highest BCUT2D eigenvalue weighted by Gasteiger charge is 2.38. The Morgan fingerprint density at radius 2 is 1.70 bits per heavy atom. The minimum atomic E-state index is -3.54. The van der Waals surface area contributed by atoms with Gasteiger partial charge in [-0.2, -0.15) is 0 Å².